The summed E-state index contributed by atoms with van der Waals surface area (Å²) in [6.07, 6.45) is 1.02. The summed E-state index contributed by atoms with van der Waals surface area (Å²) in [5.41, 5.74) is 3.65. The number of fused-ring (bicyclic) bond motifs is 2. The zero-order chi connectivity index (χ0) is 18.9. The SMILES string of the molecule is O=C1CSc2ccc(CCN3CCN(c4cccc5sccc45)CC3)cc2N1. The van der Waals surface area contributed by atoms with E-state index in [0.717, 1.165) is 44.8 Å². The lowest BCUT2D eigenvalue weighted by Crippen LogP contribution is -2.47. The third kappa shape index (κ3) is 3.64. The van der Waals surface area contributed by atoms with Crippen LogP contribution in [0.4, 0.5) is 11.4 Å². The van der Waals surface area contributed by atoms with Gasteiger partial charge in [0, 0.05) is 53.4 Å². The van der Waals surface area contributed by atoms with Gasteiger partial charge in [0.25, 0.3) is 0 Å². The summed E-state index contributed by atoms with van der Waals surface area (Å²) in [7, 11) is 0. The maximum atomic E-state index is 11.6. The molecular formula is C22H23N3OS2. The molecule has 3 heterocycles. The van der Waals surface area contributed by atoms with Crippen LogP contribution in [0.1, 0.15) is 5.56 Å². The molecule has 4 nitrogen and oxygen atoms in total. The van der Waals surface area contributed by atoms with Gasteiger partial charge in [-0.3, -0.25) is 9.69 Å². The largest absolute Gasteiger partial charge is 0.368 e. The van der Waals surface area contributed by atoms with Gasteiger partial charge < -0.3 is 10.2 Å². The molecule has 6 heteroatoms. The van der Waals surface area contributed by atoms with Crippen LogP contribution in [0, 0.1) is 0 Å². The van der Waals surface area contributed by atoms with E-state index < -0.39 is 0 Å². The summed E-state index contributed by atoms with van der Waals surface area (Å²) in [4.78, 5) is 17.9. The molecule has 144 valence electrons. The number of hydrogen-bond donors (Lipinski definition) is 1. The second-order valence-corrected chi connectivity index (χ2v) is 9.32. The number of thioether (sulfide) groups is 1. The first-order valence-electron chi connectivity index (χ1n) is 9.75. The number of nitrogens with one attached hydrogen (secondary N) is 1. The molecule has 1 saturated heterocycles. The fraction of sp³-hybridized carbons (Fsp3) is 0.318. The molecule has 1 aromatic heterocycles. The van der Waals surface area contributed by atoms with Crippen LogP contribution in [0.3, 0.4) is 0 Å². The van der Waals surface area contributed by atoms with Crippen LogP contribution in [-0.4, -0.2) is 49.3 Å². The van der Waals surface area contributed by atoms with Crippen LogP contribution >= 0.6 is 23.1 Å². The molecule has 2 aromatic carbocycles. The Morgan fingerprint density at radius 1 is 1.04 bits per heavy atom. The summed E-state index contributed by atoms with van der Waals surface area (Å²) in [6, 6.07) is 15.4. The Labute approximate surface area is 173 Å². The van der Waals surface area contributed by atoms with E-state index in [4.69, 9.17) is 0 Å². The van der Waals surface area contributed by atoms with Crippen LogP contribution < -0.4 is 10.2 Å². The van der Waals surface area contributed by atoms with Gasteiger partial charge in [-0.25, -0.2) is 0 Å². The number of amides is 1. The van der Waals surface area contributed by atoms with Crippen LogP contribution in [0.2, 0.25) is 0 Å². The summed E-state index contributed by atoms with van der Waals surface area (Å²) in [5, 5.41) is 6.56. The second kappa shape index (κ2) is 7.78. The number of hydrogen-bond acceptors (Lipinski definition) is 5. The van der Waals surface area contributed by atoms with Gasteiger partial charge in [-0.15, -0.1) is 23.1 Å². The van der Waals surface area contributed by atoms with Gasteiger partial charge in [0.1, 0.15) is 0 Å². The smallest absolute Gasteiger partial charge is 0.234 e. The number of benzene rings is 2. The molecular weight excluding hydrogens is 386 g/mol. The van der Waals surface area contributed by atoms with Gasteiger partial charge in [-0.05, 0) is 47.7 Å². The van der Waals surface area contributed by atoms with E-state index in [2.05, 4.69) is 63.0 Å². The van der Waals surface area contributed by atoms with Crippen molar-refractivity contribution in [3.8, 4) is 0 Å². The van der Waals surface area contributed by atoms with Gasteiger partial charge in [-0.2, -0.15) is 0 Å². The molecule has 2 aliphatic rings. The highest BCUT2D eigenvalue weighted by Crippen LogP contribution is 2.33. The number of nitrogens with zero attached hydrogens (tertiary/aromatic N) is 2. The molecule has 0 aliphatic carbocycles. The minimum atomic E-state index is 0.103. The maximum absolute atomic E-state index is 11.6. The van der Waals surface area contributed by atoms with Gasteiger partial charge in [0.05, 0.1) is 11.4 Å². The van der Waals surface area contributed by atoms with Crippen molar-refractivity contribution in [1.29, 1.82) is 0 Å². The van der Waals surface area contributed by atoms with Crippen molar-refractivity contribution >= 4 is 50.5 Å². The fourth-order valence-corrected chi connectivity index (χ4v) is 5.64. The maximum Gasteiger partial charge on any atom is 0.234 e. The molecule has 0 bridgehead atoms. The molecule has 0 spiro atoms. The number of piperazine rings is 1. The van der Waals surface area contributed by atoms with Gasteiger partial charge in [0.2, 0.25) is 5.91 Å². The first kappa shape index (κ1) is 18.0. The Morgan fingerprint density at radius 2 is 1.93 bits per heavy atom. The van der Waals surface area contributed by atoms with E-state index in [0.29, 0.717) is 5.75 Å². The zero-order valence-electron chi connectivity index (χ0n) is 15.7. The zero-order valence-corrected chi connectivity index (χ0v) is 17.3. The van der Waals surface area contributed by atoms with Crippen molar-refractivity contribution in [1.82, 2.24) is 4.90 Å². The van der Waals surface area contributed by atoms with E-state index >= 15 is 0 Å². The molecule has 0 atom stereocenters. The molecule has 0 radical (unpaired) electrons. The topological polar surface area (TPSA) is 35.6 Å². The average molecular weight is 410 g/mol. The fourth-order valence-electron chi connectivity index (χ4n) is 4.04. The molecule has 1 fully saturated rings. The van der Waals surface area contributed by atoms with Crippen LogP contribution in [0.15, 0.2) is 52.7 Å². The number of carbonyl (C=O) groups excluding carboxylic acids is 1. The Balaban J connectivity index is 1.19. The average Bonchev–Trinajstić information content (AvgIpc) is 3.21. The number of anilines is 2. The second-order valence-electron chi connectivity index (χ2n) is 7.36. The molecule has 28 heavy (non-hydrogen) atoms. The van der Waals surface area contributed by atoms with E-state index in [1.165, 1.54) is 26.2 Å². The molecule has 0 saturated carbocycles. The van der Waals surface area contributed by atoms with Crippen molar-refractivity contribution in [2.45, 2.75) is 11.3 Å². The van der Waals surface area contributed by atoms with Crippen molar-refractivity contribution in [3.63, 3.8) is 0 Å². The monoisotopic (exact) mass is 409 g/mol. The predicted octanol–water partition coefficient (Wildman–Crippen LogP) is 4.31. The molecule has 3 aromatic rings. The summed E-state index contributed by atoms with van der Waals surface area (Å²) >= 11 is 3.44. The summed E-state index contributed by atoms with van der Waals surface area (Å²) in [6.45, 7) is 5.41. The summed E-state index contributed by atoms with van der Waals surface area (Å²) < 4.78 is 1.37. The highest BCUT2D eigenvalue weighted by molar-refractivity contribution is 8.00. The predicted molar refractivity (Wildman–Crippen MR) is 120 cm³/mol. The lowest BCUT2D eigenvalue weighted by molar-refractivity contribution is -0.113. The van der Waals surface area contributed by atoms with E-state index in [1.807, 2.05) is 11.3 Å². The van der Waals surface area contributed by atoms with Crippen LogP contribution in [-0.2, 0) is 11.2 Å². The lowest BCUT2D eigenvalue weighted by Gasteiger charge is -2.36. The quantitative estimate of drug-likeness (QED) is 0.697. The first-order chi connectivity index (χ1) is 13.8. The Morgan fingerprint density at radius 3 is 2.82 bits per heavy atom. The third-order valence-electron chi connectivity index (χ3n) is 5.58. The molecule has 2 aliphatic heterocycles. The Hall–Kier alpha value is -2.02. The van der Waals surface area contributed by atoms with E-state index in [9.17, 15) is 4.79 Å². The van der Waals surface area contributed by atoms with Crippen molar-refractivity contribution < 1.29 is 4.79 Å². The standard InChI is InChI=1S/C22H23N3OS2/c26-22-15-28-21-5-4-16(14-18(21)23-22)6-8-24-9-11-25(12-10-24)19-2-1-3-20-17(19)7-13-27-20/h1-5,7,13-14H,6,8-12,15H2,(H,23,26). The van der Waals surface area contributed by atoms with Crippen molar-refractivity contribution in [2.24, 2.45) is 0 Å². The number of rotatable bonds is 4. The number of carbonyl (C=O) groups is 1. The van der Waals surface area contributed by atoms with Crippen molar-refractivity contribution in [3.05, 3.63) is 53.4 Å². The molecule has 0 unspecified atom stereocenters. The number of thiophene rings is 1. The van der Waals surface area contributed by atoms with E-state index in [1.54, 1.807) is 11.8 Å². The highest BCUT2D eigenvalue weighted by Gasteiger charge is 2.19. The Kier molecular flexibility index (Phi) is 5.01. The van der Waals surface area contributed by atoms with Crippen molar-refractivity contribution in [2.75, 3.05) is 48.7 Å². The van der Waals surface area contributed by atoms with Crippen LogP contribution in [0.5, 0.6) is 0 Å². The molecule has 5 rings (SSSR count). The third-order valence-corrected chi connectivity index (χ3v) is 7.53. The first-order valence-corrected chi connectivity index (χ1v) is 11.6. The Bertz CT molecular complexity index is 1010. The lowest BCUT2D eigenvalue weighted by atomic mass is 10.1. The van der Waals surface area contributed by atoms with Gasteiger partial charge in [-0.1, -0.05) is 12.1 Å². The molecule has 1 N–H and O–H groups in total. The van der Waals surface area contributed by atoms with Crippen LogP contribution in [0.25, 0.3) is 10.1 Å². The molecule has 1 amide bonds. The van der Waals surface area contributed by atoms with E-state index in [-0.39, 0.29) is 5.91 Å². The summed E-state index contributed by atoms with van der Waals surface area (Å²) in [5.74, 6) is 0.627. The van der Waals surface area contributed by atoms with Gasteiger partial charge >= 0.3 is 0 Å². The normalized spacial score (nSPS) is 17.6. The minimum Gasteiger partial charge on any atom is -0.368 e. The van der Waals surface area contributed by atoms with Gasteiger partial charge in [0.15, 0.2) is 0 Å². The highest BCUT2D eigenvalue weighted by atomic mass is 32.2. The minimum absolute atomic E-state index is 0.103.